The van der Waals surface area contributed by atoms with Gasteiger partial charge in [-0.15, -0.1) is 0 Å². The molecule has 10 heteroatoms. The van der Waals surface area contributed by atoms with Crippen LogP contribution in [0.5, 0.6) is 17.2 Å². The first kappa shape index (κ1) is 25.4. The van der Waals surface area contributed by atoms with E-state index >= 15 is 0 Å². The molecule has 0 unspecified atom stereocenters. The minimum absolute atomic E-state index is 0.0533. The molecule has 1 aliphatic carbocycles. The summed E-state index contributed by atoms with van der Waals surface area (Å²) in [5.74, 6) is 0.732. The highest BCUT2D eigenvalue weighted by Gasteiger charge is 2.30. The highest BCUT2D eigenvalue weighted by molar-refractivity contribution is 6.02. The molecular weight excluding hydrogens is 484 g/mol. The van der Waals surface area contributed by atoms with Crippen molar-refractivity contribution in [1.29, 1.82) is 0 Å². The average Bonchev–Trinajstić information content (AvgIpc) is 3.59. The Morgan fingerprint density at radius 1 is 1.24 bits per heavy atom. The number of fused-ring (bicyclic) bond motifs is 1. The van der Waals surface area contributed by atoms with Gasteiger partial charge in [0.1, 0.15) is 35.1 Å². The van der Waals surface area contributed by atoms with Gasteiger partial charge in [-0.2, -0.15) is 8.78 Å². The van der Waals surface area contributed by atoms with Gasteiger partial charge in [-0.1, -0.05) is 0 Å². The molecule has 1 atom stereocenters. The monoisotopic (exact) mass is 515 g/mol. The smallest absolute Gasteiger partial charge is 0.387 e. The number of hydrogen-bond donors (Lipinski definition) is 0. The largest absolute Gasteiger partial charge is 0.496 e. The summed E-state index contributed by atoms with van der Waals surface area (Å²) >= 11 is 0. The Bertz CT molecular complexity index is 1260. The third-order valence-corrected chi connectivity index (χ3v) is 6.88. The van der Waals surface area contributed by atoms with Crippen molar-refractivity contribution in [1.82, 2.24) is 14.3 Å². The van der Waals surface area contributed by atoms with Crippen LogP contribution in [0.1, 0.15) is 36.5 Å². The van der Waals surface area contributed by atoms with Crippen molar-refractivity contribution in [2.75, 3.05) is 40.0 Å². The van der Waals surface area contributed by atoms with Crippen LogP contribution in [0.15, 0.2) is 36.7 Å². The molecule has 2 aromatic heterocycles. The summed E-state index contributed by atoms with van der Waals surface area (Å²) in [7, 11) is 1.41. The van der Waals surface area contributed by atoms with E-state index in [1.807, 2.05) is 22.7 Å². The number of carbonyl (C=O) groups is 1. The Kier molecular flexibility index (Phi) is 7.57. The molecule has 1 saturated carbocycles. The summed E-state index contributed by atoms with van der Waals surface area (Å²) in [6.45, 7) is 2.75. The number of ether oxygens (including phenoxy) is 4. The molecular formula is C27H31F2N3O5. The zero-order valence-corrected chi connectivity index (χ0v) is 21.0. The lowest BCUT2D eigenvalue weighted by atomic mass is 10.00. The first-order valence-electron chi connectivity index (χ1n) is 12.5. The van der Waals surface area contributed by atoms with Gasteiger partial charge < -0.3 is 18.9 Å². The second kappa shape index (κ2) is 11.0. The second-order valence-electron chi connectivity index (χ2n) is 9.54. The van der Waals surface area contributed by atoms with Gasteiger partial charge in [0.05, 0.1) is 32.2 Å². The van der Waals surface area contributed by atoms with E-state index in [1.54, 1.807) is 12.3 Å². The number of benzene rings is 1. The molecule has 0 amide bonds. The van der Waals surface area contributed by atoms with Crippen LogP contribution in [-0.2, 0) is 4.74 Å². The predicted molar refractivity (Wildman–Crippen MR) is 133 cm³/mol. The molecule has 0 spiro atoms. The van der Waals surface area contributed by atoms with Crippen LogP contribution in [-0.4, -0.2) is 72.7 Å². The number of pyridine rings is 1. The van der Waals surface area contributed by atoms with E-state index in [0.717, 1.165) is 39.1 Å². The van der Waals surface area contributed by atoms with E-state index < -0.39 is 6.61 Å². The Hall–Kier alpha value is -3.24. The number of alkyl halides is 2. The minimum Gasteiger partial charge on any atom is -0.496 e. The maximum Gasteiger partial charge on any atom is 0.387 e. The van der Waals surface area contributed by atoms with Crippen molar-refractivity contribution in [3.8, 4) is 28.5 Å². The summed E-state index contributed by atoms with van der Waals surface area (Å²) in [4.78, 5) is 19.7. The van der Waals surface area contributed by atoms with E-state index in [-0.39, 0.29) is 29.3 Å². The van der Waals surface area contributed by atoms with E-state index in [2.05, 4.69) is 16.8 Å². The van der Waals surface area contributed by atoms with Gasteiger partial charge in [-0.25, -0.2) is 4.98 Å². The molecule has 1 saturated heterocycles. The Labute approximate surface area is 214 Å². The molecule has 0 radical (unpaired) electrons. The molecule has 3 aromatic rings. The van der Waals surface area contributed by atoms with E-state index in [1.165, 1.54) is 13.2 Å². The number of halogens is 2. The van der Waals surface area contributed by atoms with Gasteiger partial charge in [0, 0.05) is 43.4 Å². The second-order valence-corrected chi connectivity index (χ2v) is 9.54. The van der Waals surface area contributed by atoms with Gasteiger partial charge in [-0.05, 0) is 43.9 Å². The highest BCUT2D eigenvalue weighted by atomic mass is 19.3. The number of aromatic nitrogens is 2. The van der Waals surface area contributed by atoms with Crippen molar-refractivity contribution in [2.24, 2.45) is 5.92 Å². The van der Waals surface area contributed by atoms with Gasteiger partial charge in [-0.3, -0.25) is 14.1 Å². The molecule has 1 aliphatic heterocycles. The van der Waals surface area contributed by atoms with Crippen molar-refractivity contribution in [3.05, 3.63) is 42.2 Å². The number of morpholine rings is 1. The Morgan fingerprint density at radius 2 is 2.05 bits per heavy atom. The third kappa shape index (κ3) is 5.86. The van der Waals surface area contributed by atoms with Gasteiger partial charge >= 0.3 is 6.61 Å². The Balaban J connectivity index is 1.38. The lowest BCUT2D eigenvalue weighted by molar-refractivity contribution is -0.0502. The fourth-order valence-electron chi connectivity index (χ4n) is 4.69. The molecule has 5 rings (SSSR count). The maximum absolute atomic E-state index is 13.3. The number of Topliss-reactive ketones (excluding diaryl/α,β-unsaturated/α-hetero) is 1. The maximum atomic E-state index is 13.3. The zero-order chi connectivity index (χ0) is 25.9. The number of ketones is 1. The minimum atomic E-state index is -3.07. The lowest BCUT2D eigenvalue weighted by Crippen LogP contribution is -2.45. The fourth-order valence-corrected chi connectivity index (χ4v) is 4.69. The number of methoxy groups -OCH3 is 1. The van der Waals surface area contributed by atoms with Crippen LogP contribution >= 0.6 is 0 Å². The van der Waals surface area contributed by atoms with Gasteiger partial charge in [0.25, 0.3) is 0 Å². The SMILES string of the molecule is COc1cc(-c2cnc3cc(OCCN4CCOC[C@H]4C)ccn23)cc(OC(F)F)c1C(=O)CC1CC1. The average molecular weight is 516 g/mol. The van der Waals surface area contributed by atoms with Crippen LogP contribution in [0.2, 0.25) is 0 Å². The van der Waals surface area contributed by atoms with Crippen molar-refractivity contribution in [3.63, 3.8) is 0 Å². The summed E-state index contributed by atoms with van der Waals surface area (Å²) < 4.78 is 50.0. The first-order valence-corrected chi connectivity index (χ1v) is 12.5. The fraction of sp³-hybridized carbons (Fsp3) is 0.481. The topological polar surface area (TPSA) is 74.5 Å². The molecule has 8 nitrogen and oxygen atoms in total. The van der Waals surface area contributed by atoms with Crippen LogP contribution < -0.4 is 14.2 Å². The van der Waals surface area contributed by atoms with Crippen LogP contribution in [0.4, 0.5) is 8.78 Å². The quantitative estimate of drug-likeness (QED) is 0.343. The molecule has 0 bridgehead atoms. The first-order chi connectivity index (χ1) is 17.9. The molecule has 37 heavy (non-hydrogen) atoms. The van der Waals surface area contributed by atoms with Gasteiger partial charge in [0.15, 0.2) is 5.78 Å². The highest BCUT2D eigenvalue weighted by Crippen LogP contribution is 2.40. The van der Waals surface area contributed by atoms with E-state index in [4.69, 9.17) is 18.9 Å². The summed E-state index contributed by atoms with van der Waals surface area (Å²) in [6.07, 6.45) is 5.68. The summed E-state index contributed by atoms with van der Waals surface area (Å²) in [5.41, 5.74) is 1.87. The molecule has 2 fully saturated rings. The lowest BCUT2D eigenvalue weighted by Gasteiger charge is -2.32. The summed E-state index contributed by atoms with van der Waals surface area (Å²) in [5, 5.41) is 0. The number of imidazole rings is 1. The van der Waals surface area contributed by atoms with E-state index in [0.29, 0.717) is 41.2 Å². The number of carbonyl (C=O) groups excluding carboxylic acids is 1. The Morgan fingerprint density at radius 3 is 2.78 bits per heavy atom. The van der Waals surface area contributed by atoms with Crippen LogP contribution in [0.25, 0.3) is 16.9 Å². The van der Waals surface area contributed by atoms with Crippen molar-refractivity contribution >= 4 is 11.4 Å². The zero-order valence-electron chi connectivity index (χ0n) is 21.0. The number of rotatable bonds is 11. The predicted octanol–water partition coefficient (Wildman–Crippen LogP) is 4.69. The third-order valence-electron chi connectivity index (χ3n) is 6.88. The molecule has 198 valence electrons. The van der Waals surface area contributed by atoms with E-state index in [9.17, 15) is 13.6 Å². The molecule has 0 N–H and O–H groups in total. The summed E-state index contributed by atoms with van der Waals surface area (Å²) in [6, 6.07) is 7.14. The molecule has 1 aromatic carbocycles. The standard InChI is InChI=1S/C27H31F2N3O5/c1-17-16-35-9-7-31(17)8-10-36-20-5-6-32-21(15-30-25(32)14-20)19-12-23(34-2)26(22(33)11-18-3-4-18)24(13-19)37-27(28)29/h5-6,12-15,17-18,27H,3-4,7-11,16H2,1-2H3/t17-/m1/s1. The normalized spacial score (nSPS) is 18.4. The number of hydrogen-bond acceptors (Lipinski definition) is 7. The van der Waals surface area contributed by atoms with Gasteiger partial charge in [0.2, 0.25) is 0 Å². The van der Waals surface area contributed by atoms with Crippen LogP contribution in [0, 0.1) is 5.92 Å². The van der Waals surface area contributed by atoms with Crippen molar-refractivity contribution < 1.29 is 32.5 Å². The molecule has 2 aliphatic rings. The number of nitrogens with zero attached hydrogens (tertiary/aromatic N) is 3. The van der Waals surface area contributed by atoms with Crippen LogP contribution in [0.3, 0.4) is 0 Å². The van der Waals surface area contributed by atoms with Crippen molar-refractivity contribution in [2.45, 2.75) is 38.8 Å². The molecule has 3 heterocycles.